The number of nitrogens with one attached hydrogen (secondary N) is 1. The molecule has 1 amide bonds. The normalized spacial score (nSPS) is 11.3. The van der Waals surface area contributed by atoms with E-state index in [2.05, 4.69) is 15.5 Å². The fraction of sp³-hybridized carbons (Fsp3) is 0.120. The minimum absolute atomic E-state index is 0.0774. The van der Waals surface area contributed by atoms with E-state index in [-0.39, 0.29) is 23.9 Å². The standard InChI is InChI=1S/C25H18ClF3N4O2S/c26-17-9-6-10-18(13-17)33-22(14-30-23(35)19-11-4-5-12-20(19)25(27,28)29)31-32-24(33)36-15-21(34)16-7-2-1-3-8-16/h1-13H,14-15H2,(H,30,35). The highest BCUT2D eigenvalue weighted by Gasteiger charge is 2.34. The van der Waals surface area contributed by atoms with Crippen LogP contribution < -0.4 is 5.32 Å². The Morgan fingerprint density at radius 1 is 0.944 bits per heavy atom. The topological polar surface area (TPSA) is 76.9 Å². The average Bonchev–Trinajstić information content (AvgIpc) is 3.28. The molecule has 0 bridgehead atoms. The van der Waals surface area contributed by atoms with Crippen molar-refractivity contribution in [2.24, 2.45) is 0 Å². The molecule has 36 heavy (non-hydrogen) atoms. The number of ketones is 1. The first-order valence-corrected chi connectivity index (χ1v) is 12.0. The molecule has 0 aliphatic carbocycles. The lowest BCUT2D eigenvalue weighted by atomic mass is 10.1. The van der Waals surface area contributed by atoms with Gasteiger partial charge >= 0.3 is 6.18 Å². The zero-order chi connectivity index (χ0) is 25.7. The number of hydrogen-bond donors (Lipinski definition) is 1. The summed E-state index contributed by atoms with van der Waals surface area (Å²) in [5, 5.41) is 11.5. The van der Waals surface area contributed by atoms with Crippen LogP contribution in [0.4, 0.5) is 13.2 Å². The average molecular weight is 531 g/mol. The first-order chi connectivity index (χ1) is 17.2. The molecule has 4 rings (SSSR count). The molecule has 0 atom stereocenters. The molecule has 0 saturated carbocycles. The summed E-state index contributed by atoms with van der Waals surface area (Å²) in [5.74, 6) is -0.685. The van der Waals surface area contributed by atoms with Gasteiger partial charge in [0.15, 0.2) is 16.8 Å². The summed E-state index contributed by atoms with van der Waals surface area (Å²) >= 11 is 7.29. The van der Waals surface area contributed by atoms with Gasteiger partial charge in [-0.05, 0) is 30.3 Å². The Morgan fingerprint density at radius 2 is 1.67 bits per heavy atom. The van der Waals surface area contributed by atoms with Crippen LogP contribution in [0.15, 0.2) is 84.0 Å². The lowest BCUT2D eigenvalue weighted by molar-refractivity contribution is -0.137. The van der Waals surface area contributed by atoms with Gasteiger partial charge in [-0.3, -0.25) is 14.2 Å². The summed E-state index contributed by atoms with van der Waals surface area (Å²) in [6.45, 7) is -0.211. The van der Waals surface area contributed by atoms with Gasteiger partial charge in [-0.1, -0.05) is 71.9 Å². The maximum absolute atomic E-state index is 13.3. The molecular weight excluding hydrogens is 513 g/mol. The van der Waals surface area contributed by atoms with Gasteiger partial charge in [-0.25, -0.2) is 0 Å². The number of halogens is 4. The predicted molar refractivity (Wildman–Crippen MR) is 130 cm³/mol. The maximum atomic E-state index is 13.3. The third-order valence-electron chi connectivity index (χ3n) is 5.08. The van der Waals surface area contributed by atoms with Crippen molar-refractivity contribution in [3.8, 4) is 5.69 Å². The van der Waals surface area contributed by atoms with E-state index in [0.717, 1.165) is 23.9 Å². The van der Waals surface area contributed by atoms with Crippen molar-refractivity contribution in [2.45, 2.75) is 17.9 Å². The van der Waals surface area contributed by atoms with Crippen LogP contribution in [0.1, 0.15) is 32.1 Å². The van der Waals surface area contributed by atoms with Crippen molar-refractivity contribution in [2.75, 3.05) is 5.75 Å². The smallest absolute Gasteiger partial charge is 0.345 e. The van der Waals surface area contributed by atoms with Gasteiger partial charge in [0.2, 0.25) is 0 Å². The molecule has 6 nitrogen and oxygen atoms in total. The van der Waals surface area contributed by atoms with E-state index in [1.165, 1.54) is 12.1 Å². The number of carbonyl (C=O) groups is 2. The molecule has 0 aliphatic rings. The quantitative estimate of drug-likeness (QED) is 0.229. The highest BCUT2D eigenvalue weighted by molar-refractivity contribution is 7.99. The highest BCUT2D eigenvalue weighted by atomic mass is 35.5. The van der Waals surface area contributed by atoms with Gasteiger partial charge in [-0.15, -0.1) is 10.2 Å². The van der Waals surface area contributed by atoms with Crippen LogP contribution in [0.3, 0.4) is 0 Å². The number of amides is 1. The number of Topliss-reactive ketones (excluding diaryl/α,β-unsaturated/α-hetero) is 1. The molecule has 184 valence electrons. The predicted octanol–water partition coefficient (Wildman–Crippen LogP) is 5.84. The summed E-state index contributed by atoms with van der Waals surface area (Å²) in [4.78, 5) is 25.2. The number of alkyl halides is 3. The molecule has 0 aliphatic heterocycles. The lowest BCUT2D eigenvalue weighted by Crippen LogP contribution is -2.27. The Labute approximate surface area is 213 Å². The Balaban J connectivity index is 1.58. The zero-order valence-corrected chi connectivity index (χ0v) is 20.1. The highest BCUT2D eigenvalue weighted by Crippen LogP contribution is 2.32. The van der Waals surface area contributed by atoms with E-state index in [0.29, 0.717) is 21.4 Å². The number of nitrogens with zero attached hydrogens (tertiary/aromatic N) is 3. The van der Waals surface area contributed by atoms with E-state index < -0.39 is 23.2 Å². The SMILES string of the molecule is O=C(CSc1nnc(CNC(=O)c2ccccc2C(F)(F)F)n1-c1cccc(Cl)c1)c1ccccc1. The Morgan fingerprint density at radius 3 is 2.39 bits per heavy atom. The van der Waals surface area contributed by atoms with E-state index in [1.807, 2.05) is 6.07 Å². The van der Waals surface area contributed by atoms with Crippen LogP contribution >= 0.6 is 23.4 Å². The van der Waals surface area contributed by atoms with Crippen LogP contribution in [-0.2, 0) is 12.7 Å². The number of hydrogen-bond acceptors (Lipinski definition) is 5. The first-order valence-electron chi connectivity index (χ1n) is 10.6. The molecule has 0 spiro atoms. The van der Waals surface area contributed by atoms with Gasteiger partial charge in [0.05, 0.1) is 29.1 Å². The van der Waals surface area contributed by atoms with Crippen molar-refractivity contribution in [1.29, 1.82) is 0 Å². The van der Waals surface area contributed by atoms with E-state index in [4.69, 9.17) is 11.6 Å². The second kappa shape index (κ2) is 11.0. The molecule has 0 unspecified atom stereocenters. The van der Waals surface area contributed by atoms with Gasteiger partial charge in [-0.2, -0.15) is 13.2 Å². The molecular formula is C25H18ClF3N4O2S. The Hall–Kier alpha value is -3.63. The summed E-state index contributed by atoms with van der Waals surface area (Å²) in [7, 11) is 0. The summed E-state index contributed by atoms with van der Waals surface area (Å²) in [5.41, 5.74) is -0.409. The van der Waals surface area contributed by atoms with E-state index in [9.17, 15) is 22.8 Å². The molecule has 1 heterocycles. The molecule has 0 fully saturated rings. The minimum atomic E-state index is -4.68. The van der Waals surface area contributed by atoms with Crippen LogP contribution in [0.25, 0.3) is 5.69 Å². The molecule has 1 aromatic heterocycles. The number of benzene rings is 3. The maximum Gasteiger partial charge on any atom is 0.417 e. The van der Waals surface area contributed by atoms with Crippen LogP contribution in [0, 0.1) is 0 Å². The lowest BCUT2D eigenvalue weighted by Gasteiger charge is -2.13. The molecule has 0 radical (unpaired) electrons. The molecule has 3 aromatic carbocycles. The third kappa shape index (κ3) is 5.95. The fourth-order valence-electron chi connectivity index (χ4n) is 3.40. The zero-order valence-electron chi connectivity index (χ0n) is 18.5. The van der Waals surface area contributed by atoms with Crippen molar-refractivity contribution < 1.29 is 22.8 Å². The molecule has 0 saturated heterocycles. The number of thioether (sulfide) groups is 1. The van der Waals surface area contributed by atoms with E-state index in [1.54, 1.807) is 53.1 Å². The van der Waals surface area contributed by atoms with E-state index >= 15 is 0 Å². The molecule has 11 heteroatoms. The largest absolute Gasteiger partial charge is 0.417 e. The minimum Gasteiger partial charge on any atom is -0.345 e. The van der Waals surface area contributed by atoms with Gasteiger partial charge in [0, 0.05) is 10.6 Å². The van der Waals surface area contributed by atoms with Gasteiger partial charge in [0.1, 0.15) is 0 Å². The summed E-state index contributed by atoms with van der Waals surface area (Å²) in [6.07, 6.45) is -4.68. The Kier molecular flexibility index (Phi) is 7.76. The van der Waals surface area contributed by atoms with Crippen molar-refractivity contribution in [1.82, 2.24) is 20.1 Å². The third-order valence-corrected chi connectivity index (χ3v) is 6.24. The number of aromatic nitrogens is 3. The van der Waals surface area contributed by atoms with Crippen molar-refractivity contribution >= 4 is 35.1 Å². The van der Waals surface area contributed by atoms with Crippen LogP contribution in [0.5, 0.6) is 0 Å². The van der Waals surface area contributed by atoms with Gasteiger partial charge in [0.25, 0.3) is 5.91 Å². The monoisotopic (exact) mass is 530 g/mol. The fourth-order valence-corrected chi connectivity index (χ4v) is 4.45. The first kappa shape index (κ1) is 25.5. The van der Waals surface area contributed by atoms with Crippen LogP contribution in [-0.4, -0.2) is 32.2 Å². The van der Waals surface area contributed by atoms with Gasteiger partial charge < -0.3 is 5.32 Å². The van der Waals surface area contributed by atoms with Crippen molar-refractivity contribution in [3.63, 3.8) is 0 Å². The second-order valence-corrected chi connectivity index (χ2v) is 8.90. The Bertz CT molecular complexity index is 1390. The van der Waals surface area contributed by atoms with Crippen LogP contribution in [0.2, 0.25) is 5.02 Å². The summed E-state index contributed by atoms with van der Waals surface area (Å²) < 4.78 is 41.6. The number of rotatable bonds is 8. The van der Waals surface area contributed by atoms with Crippen molar-refractivity contribution in [3.05, 3.63) is 106 Å². The molecule has 1 N–H and O–H groups in total. The number of carbonyl (C=O) groups excluding carboxylic acids is 2. The second-order valence-electron chi connectivity index (χ2n) is 7.52. The molecule has 4 aromatic rings. The summed E-state index contributed by atoms with van der Waals surface area (Å²) in [6, 6.07) is 20.1.